The number of unbranched alkanes of at least 4 members (excludes halogenated alkanes) is 1. The molecule has 1 aromatic heterocycles. The van der Waals surface area contributed by atoms with Gasteiger partial charge in [0.15, 0.2) is 5.75 Å². The number of ether oxygens (including phenoxy) is 1. The molecule has 0 aliphatic carbocycles. The van der Waals surface area contributed by atoms with Gasteiger partial charge in [0.1, 0.15) is 17.3 Å². The quantitative estimate of drug-likeness (QED) is 0.597. The van der Waals surface area contributed by atoms with Crippen LogP contribution in [0.2, 0.25) is 0 Å². The number of nitrogen functional groups attached to an aromatic ring is 2. The fourth-order valence-corrected chi connectivity index (χ4v) is 3.23. The Bertz CT molecular complexity index is 1080. The first-order valence-corrected chi connectivity index (χ1v) is 9.24. The second-order valence-corrected chi connectivity index (χ2v) is 6.71. The van der Waals surface area contributed by atoms with Gasteiger partial charge in [0.25, 0.3) is 0 Å². The zero-order valence-corrected chi connectivity index (χ0v) is 15.6. The molecule has 7 nitrogen and oxygen atoms in total. The van der Waals surface area contributed by atoms with Gasteiger partial charge >= 0.3 is 0 Å². The molecular weight excluding hydrogens is 352 g/mol. The lowest BCUT2D eigenvalue weighted by Crippen LogP contribution is -2.15. The summed E-state index contributed by atoms with van der Waals surface area (Å²) in [7, 11) is 0. The molecule has 2 heterocycles. The van der Waals surface area contributed by atoms with Crippen LogP contribution in [-0.2, 0) is 6.42 Å². The predicted octanol–water partition coefficient (Wildman–Crippen LogP) is 3.79. The minimum absolute atomic E-state index is 0.240. The second kappa shape index (κ2) is 7.19. The van der Waals surface area contributed by atoms with E-state index in [-0.39, 0.29) is 5.95 Å². The average molecular weight is 374 g/mol. The third-order valence-corrected chi connectivity index (χ3v) is 4.59. The minimum atomic E-state index is 0.240. The lowest BCUT2D eigenvalue weighted by molar-refractivity contribution is 0.485. The molecule has 0 fully saturated rings. The van der Waals surface area contributed by atoms with Crippen molar-refractivity contribution >= 4 is 23.2 Å². The van der Waals surface area contributed by atoms with E-state index in [4.69, 9.17) is 21.9 Å². The van der Waals surface area contributed by atoms with Gasteiger partial charge in [0.05, 0.1) is 11.3 Å². The summed E-state index contributed by atoms with van der Waals surface area (Å²) in [6, 6.07) is 13.1. The predicted molar refractivity (Wildman–Crippen MR) is 112 cm³/mol. The number of aromatic nitrogens is 2. The van der Waals surface area contributed by atoms with Crippen LogP contribution in [0.3, 0.4) is 0 Å². The van der Waals surface area contributed by atoms with Crippen LogP contribution in [0.4, 0.5) is 17.3 Å². The molecule has 4 rings (SSSR count). The summed E-state index contributed by atoms with van der Waals surface area (Å²) in [5.41, 5.74) is 22.5. The minimum Gasteiger partial charge on any atom is -0.454 e. The summed E-state index contributed by atoms with van der Waals surface area (Å²) in [6.45, 7) is 2.14. The van der Waals surface area contributed by atoms with E-state index < -0.39 is 0 Å². The number of anilines is 2. The maximum Gasteiger partial charge on any atom is 0.220 e. The van der Waals surface area contributed by atoms with Gasteiger partial charge in [-0.1, -0.05) is 25.5 Å². The molecule has 6 N–H and O–H groups in total. The zero-order chi connectivity index (χ0) is 19.7. The third kappa shape index (κ3) is 3.34. The first-order chi connectivity index (χ1) is 13.5. The van der Waals surface area contributed by atoms with Gasteiger partial charge < -0.3 is 21.9 Å². The first kappa shape index (κ1) is 17.8. The number of rotatable bonds is 4. The van der Waals surface area contributed by atoms with Gasteiger partial charge in [-0.15, -0.1) is 0 Å². The maximum atomic E-state index is 6.32. The van der Waals surface area contributed by atoms with Crippen LogP contribution < -0.4 is 21.9 Å². The number of aryl methyl sites for hydroxylation is 1. The summed E-state index contributed by atoms with van der Waals surface area (Å²) >= 11 is 0. The van der Waals surface area contributed by atoms with Crippen LogP contribution >= 0.6 is 0 Å². The van der Waals surface area contributed by atoms with Crippen molar-refractivity contribution in [3.8, 4) is 22.8 Å². The molecule has 0 bridgehead atoms. The van der Waals surface area contributed by atoms with Gasteiger partial charge in [0.2, 0.25) is 5.95 Å². The lowest BCUT2D eigenvalue weighted by atomic mass is 10.0. The molecule has 0 amide bonds. The van der Waals surface area contributed by atoms with Gasteiger partial charge in [-0.05, 0) is 43.2 Å². The number of nitrogens with two attached hydrogens (primary N) is 3. The van der Waals surface area contributed by atoms with E-state index in [0.29, 0.717) is 40.0 Å². The molecule has 7 heteroatoms. The topological polar surface area (TPSA) is 125 Å². The number of hydrogen-bond donors (Lipinski definition) is 3. The van der Waals surface area contributed by atoms with E-state index in [1.807, 2.05) is 42.5 Å². The largest absolute Gasteiger partial charge is 0.454 e. The fourth-order valence-electron chi connectivity index (χ4n) is 3.23. The monoisotopic (exact) mass is 374 g/mol. The Morgan fingerprint density at radius 3 is 2.61 bits per heavy atom. The van der Waals surface area contributed by atoms with E-state index in [1.165, 1.54) is 0 Å². The highest BCUT2D eigenvalue weighted by atomic mass is 16.5. The van der Waals surface area contributed by atoms with E-state index in [2.05, 4.69) is 21.9 Å². The molecule has 2 aromatic carbocycles. The zero-order valence-electron chi connectivity index (χ0n) is 15.6. The normalized spacial score (nSPS) is 12.4. The van der Waals surface area contributed by atoms with Gasteiger partial charge in [0, 0.05) is 16.9 Å². The van der Waals surface area contributed by atoms with Crippen molar-refractivity contribution in [3.63, 3.8) is 0 Å². The Kier molecular flexibility index (Phi) is 4.57. The Balaban J connectivity index is 1.82. The molecular formula is C21H22N6O. The second-order valence-electron chi connectivity index (χ2n) is 6.71. The van der Waals surface area contributed by atoms with E-state index in [0.717, 1.165) is 30.5 Å². The molecule has 3 aromatic rings. The number of benzene rings is 2. The summed E-state index contributed by atoms with van der Waals surface area (Å²) in [4.78, 5) is 13.2. The van der Waals surface area contributed by atoms with Crippen molar-refractivity contribution in [1.29, 1.82) is 0 Å². The number of aliphatic imine (C=N–C) groups is 1. The van der Waals surface area contributed by atoms with Crippen LogP contribution in [0.5, 0.6) is 11.5 Å². The van der Waals surface area contributed by atoms with E-state index in [9.17, 15) is 0 Å². The number of para-hydroxylation sites is 2. The summed E-state index contributed by atoms with van der Waals surface area (Å²) < 4.78 is 6.09. The van der Waals surface area contributed by atoms with Gasteiger partial charge in [-0.25, -0.2) is 15.0 Å². The highest BCUT2D eigenvalue weighted by molar-refractivity contribution is 6.07. The molecule has 28 heavy (non-hydrogen) atoms. The number of hydrogen-bond acceptors (Lipinski definition) is 7. The van der Waals surface area contributed by atoms with E-state index >= 15 is 0 Å². The number of nitrogens with zero attached hydrogens (tertiary/aromatic N) is 3. The summed E-state index contributed by atoms with van der Waals surface area (Å²) in [6.07, 6.45) is 2.96. The Hall–Kier alpha value is -3.61. The van der Waals surface area contributed by atoms with Crippen molar-refractivity contribution < 1.29 is 4.74 Å². The van der Waals surface area contributed by atoms with Crippen LogP contribution in [-0.4, -0.2) is 15.8 Å². The number of amidine groups is 1. The smallest absolute Gasteiger partial charge is 0.220 e. The Morgan fingerprint density at radius 1 is 0.964 bits per heavy atom. The van der Waals surface area contributed by atoms with Crippen molar-refractivity contribution in [2.75, 3.05) is 11.5 Å². The molecule has 0 unspecified atom stereocenters. The highest BCUT2D eigenvalue weighted by Crippen LogP contribution is 2.40. The molecule has 1 aliphatic rings. The molecule has 142 valence electrons. The molecule has 0 saturated heterocycles. The fraction of sp³-hybridized carbons (Fsp3) is 0.190. The molecule has 0 saturated carbocycles. The molecule has 0 radical (unpaired) electrons. The average Bonchev–Trinajstić information content (AvgIpc) is 2.81. The molecule has 1 aliphatic heterocycles. The SMILES string of the molecule is CCCCc1cc(-c2cc(N)c3c(c2)Oc2ccccc2N=C3N)nc(N)n1. The summed E-state index contributed by atoms with van der Waals surface area (Å²) in [5.74, 6) is 1.71. The Morgan fingerprint density at radius 2 is 1.79 bits per heavy atom. The van der Waals surface area contributed by atoms with Crippen molar-refractivity contribution in [1.82, 2.24) is 9.97 Å². The lowest BCUT2D eigenvalue weighted by Gasteiger charge is -2.13. The maximum absolute atomic E-state index is 6.32. The highest BCUT2D eigenvalue weighted by Gasteiger charge is 2.21. The van der Waals surface area contributed by atoms with Crippen molar-refractivity contribution in [2.24, 2.45) is 10.7 Å². The van der Waals surface area contributed by atoms with Gasteiger partial charge in [-0.2, -0.15) is 0 Å². The molecule has 0 spiro atoms. The van der Waals surface area contributed by atoms with Crippen LogP contribution in [0.15, 0.2) is 47.5 Å². The van der Waals surface area contributed by atoms with Crippen molar-refractivity contribution in [3.05, 3.63) is 53.7 Å². The van der Waals surface area contributed by atoms with Gasteiger partial charge in [-0.3, -0.25) is 0 Å². The number of fused-ring (bicyclic) bond motifs is 2. The molecule has 0 atom stereocenters. The third-order valence-electron chi connectivity index (χ3n) is 4.59. The van der Waals surface area contributed by atoms with Crippen LogP contribution in [0, 0.1) is 0 Å². The van der Waals surface area contributed by atoms with E-state index in [1.54, 1.807) is 0 Å². The van der Waals surface area contributed by atoms with Crippen LogP contribution in [0.1, 0.15) is 31.0 Å². The standard InChI is InChI=1S/C21H22N6O/c1-2-3-6-13-11-16(27-21(24)25-13)12-9-14(22)19-18(10-12)28-17-8-5-4-7-15(17)26-20(19)23/h4-5,7-11H,2-3,6,22H2,1H3,(H2,23,26)(H2,24,25,27). The van der Waals surface area contributed by atoms with Crippen LogP contribution in [0.25, 0.3) is 11.3 Å². The first-order valence-electron chi connectivity index (χ1n) is 9.24. The Labute approximate surface area is 163 Å². The van der Waals surface area contributed by atoms with Crippen molar-refractivity contribution in [2.45, 2.75) is 26.2 Å². The summed E-state index contributed by atoms with van der Waals surface area (Å²) in [5, 5.41) is 0.